The summed E-state index contributed by atoms with van der Waals surface area (Å²) >= 11 is 1.35. The van der Waals surface area contributed by atoms with Crippen LogP contribution in [0.4, 0.5) is 0 Å². The number of carbonyl (C=O) groups is 1. The van der Waals surface area contributed by atoms with E-state index in [1.807, 2.05) is 44.0 Å². The molecule has 3 aromatic rings. The Labute approximate surface area is 180 Å². The summed E-state index contributed by atoms with van der Waals surface area (Å²) in [6, 6.07) is 3.84. The minimum absolute atomic E-state index is 0.0650. The summed E-state index contributed by atoms with van der Waals surface area (Å²) in [5, 5.41) is 0.544. The fourth-order valence-electron chi connectivity index (χ4n) is 3.72. The maximum atomic E-state index is 13.2. The van der Waals surface area contributed by atoms with Crippen LogP contribution < -0.4 is 0 Å². The first-order chi connectivity index (χ1) is 14.5. The molecule has 0 N–H and O–H groups in total. The third-order valence-electron chi connectivity index (χ3n) is 5.40. The van der Waals surface area contributed by atoms with E-state index < -0.39 is 0 Å². The van der Waals surface area contributed by atoms with Crippen molar-refractivity contribution in [3.05, 3.63) is 53.7 Å². The maximum absolute atomic E-state index is 13.2. The minimum Gasteiger partial charge on any atom is -0.437 e. The molecule has 7 nitrogen and oxygen atoms in total. The van der Waals surface area contributed by atoms with Gasteiger partial charge in [0.15, 0.2) is 0 Å². The van der Waals surface area contributed by atoms with Crippen LogP contribution in [0.5, 0.6) is 0 Å². The second kappa shape index (κ2) is 8.95. The quantitative estimate of drug-likeness (QED) is 0.566. The van der Waals surface area contributed by atoms with Crippen LogP contribution in [0.3, 0.4) is 0 Å². The molecule has 0 saturated carbocycles. The molecule has 1 saturated heterocycles. The lowest BCUT2D eigenvalue weighted by atomic mass is 9.94. The summed E-state index contributed by atoms with van der Waals surface area (Å²) in [5.74, 6) is 1.88. The van der Waals surface area contributed by atoms with E-state index in [9.17, 15) is 4.79 Å². The Bertz CT molecular complexity index is 1020. The molecule has 0 radical (unpaired) electrons. The van der Waals surface area contributed by atoms with Crippen LogP contribution in [0.15, 0.2) is 40.4 Å². The lowest BCUT2D eigenvalue weighted by molar-refractivity contribution is -0.132. The number of nitrogens with zero attached hydrogens (tertiary/aromatic N) is 5. The molecule has 4 heterocycles. The number of piperidine rings is 1. The fraction of sp³-hybridized carbons (Fsp3) is 0.409. The number of rotatable bonds is 5. The van der Waals surface area contributed by atoms with Crippen molar-refractivity contribution < 1.29 is 9.21 Å². The monoisotopic (exact) mass is 423 g/mol. The predicted molar refractivity (Wildman–Crippen MR) is 115 cm³/mol. The van der Waals surface area contributed by atoms with Gasteiger partial charge in [-0.05, 0) is 57.7 Å². The standard InChI is InChI=1S/C22H25N5O2S/c1-14-15(2)29-22(25-14)30-13-20(28)27-11-5-4-6-19(27)21-18(12-24-16(3)26-21)17-7-9-23-10-8-17/h7-10,12,19H,4-6,11,13H2,1-3H3. The number of hydrogen-bond donors (Lipinski definition) is 0. The second-order valence-corrected chi connectivity index (χ2v) is 8.39. The third-order valence-corrected chi connectivity index (χ3v) is 6.21. The van der Waals surface area contributed by atoms with Crippen molar-refractivity contribution in [3.8, 4) is 11.1 Å². The molecule has 0 aromatic carbocycles. The van der Waals surface area contributed by atoms with Crippen molar-refractivity contribution in [2.24, 2.45) is 0 Å². The molecule has 1 fully saturated rings. The molecule has 1 aliphatic rings. The van der Waals surface area contributed by atoms with Gasteiger partial charge in [0.2, 0.25) is 5.91 Å². The topological polar surface area (TPSA) is 85.0 Å². The van der Waals surface area contributed by atoms with E-state index in [1.54, 1.807) is 12.4 Å². The molecule has 1 unspecified atom stereocenters. The summed E-state index contributed by atoms with van der Waals surface area (Å²) in [7, 11) is 0. The van der Waals surface area contributed by atoms with Crippen molar-refractivity contribution in [1.29, 1.82) is 0 Å². The van der Waals surface area contributed by atoms with Gasteiger partial charge < -0.3 is 9.32 Å². The molecule has 0 bridgehead atoms. The van der Waals surface area contributed by atoms with Gasteiger partial charge in [-0.15, -0.1) is 0 Å². The van der Waals surface area contributed by atoms with Crippen molar-refractivity contribution in [3.63, 3.8) is 0 Å². The average molecular weight is 424 g/mol. The Hall–Kier alpha value is -2.74. The van der Waals surface area contributed by atoms with Crippen molar-refractivity contribution in [2.75, 3.05) is 12.3 Å². The molecular formula is C22H25N5O2S. The van der Waals surface area contributed by atoms with Crippen molar-refractivity contribution in [2.45, 2.75) is 51.3 Å². The number of pyridine rings is 1. The molecule has 0 aliphatic carbocycles. The van der Waals surface area contributed by atoms with E-state index in [-0.39, 0.29) is 11.9 Å². The lowest BCUT2D eigenvalue weighted by Crippen LogP contribution is -2.40. The molecule has 1 atom stereocenters. The molecule has 156 valence electrons. The Morgan fingerprint density at radius 1 is 1.20 bits per heavy atom. The van der Waals surface area contributed by atoms with Gasteiger partial charge in [0.1, 0.15) is 11.6 Å². The van der Waals surface area contributed by atoms with Crippen LogP contribution in [-0.4, -0.2) is 43.0 Å². The highest BCUT2D eigenvalue weighted by atomic mass is 32.2. The highest BCUT2D eigenvalue weighted by molar-refractivity contribution is 7.99. The van der Waals surface area contributed by atoms with Gasteiger partial charge in [-0.3, -0.25) is 9.78 Å². The zero-order valence-electron chi connectivity index (χ0n) is 17.5. The molecule has 0 spiro atoms. The Balaban J connectivity index is 1.59. The summed E-state index contributed by atoms with van der Waals surface area (Å²) in [6.07, 6.45) is 8.34. The number of carbonyl (C=O) groups excluding carboxylic acids is 1. The highest BCUT2D eigenvalue weighted by Gasteiger charge is 2.31. The number of aromatic nitrogens is 4. The zero-order chi connectivity index (χ0) is 21.1. The van der Waals surface area contributed by atoms with Gasteiger partial charge >= 0.3 is 0 Å². The SMILES string of the molecule is Cc1ncc(-c2ccncc2)c(C2CCCCN2C(=O)CSc2nc(C)c(C)o2)n1. The summed E-state index contributed by atoms with van der Waals surface area (Å²) in [5.41, 5.74) is 3.74. The number of thioether (sulfide) groups is 1. The van der Waals surface area contributed by atoms with Crippen molar-refractivity contribution >= 4 is 17.7 Å². The van der Waals surface area contributed by atoms with Crippen LogP contribution >= 0.6 is 11.8 Å². The van der Waals surface area contributed by atoms with Gasteiger partial charge in [0.25, 0.3) is 5.22 Å². The van der Waals surface area contributed by atoms with E-state index in [4.69, 9.17) is 9.40 Å². The number of hydrogen-bond acceptors (Lipinski definition) is 7. The maximum Gasteiger partial charge on any atom is 0.256 e. The highest BCUT2D eigenvalue weighted by Crippen LogP contribution is 2.36. The molecule has 8 heteroatoms. The molecular weight excluding hydrogens is 398 g/mol. The number of amides is 1. The smallest absolute Gasteiger partial charge is 0.256 e. The number of likely N-dealkylation sites (tertiary alicyclic amines) is 1. The van der Waals surface area contributed by atoms with Crippen LogP contribution in [0.25, 0.3) is 11.1 Å². The summed E-state index contributed by atoms with van der Waals surface area (Å²) in [6.45, 7) is 6.40. The minimum atomic E-state index is -0.0650. The first-order valence-electron chi connectivity index (χ1n) is 10.1. The van der Waals surface area contributed by atoms with E-state index in [1.165, 1.54) is 11.8 Å². The van der Waals surface area contributed by atoms with E-state index in [0.717, 1.165) is 54.1 Å². The lowest BCUT2D eigenvalue weighted by Gasteiger charge is -2.36. The molecule has 1 amide bonds. The number of oxazole rings is 1. The molecule has 1 aliphatic heterocycles. The van der Waals surface area contributed by atoms with Crippen LogP contribution in [0.1, 0.15) is 48.3 Å². The third kappa shape index (κ3) is 4.38. The van der Waals surface area contributed by atoms with Gasteiger partial charge in [-0.25, -0.2) is 15.0 Å². The van der Waals surface area contributed by atoms with Crippen LogP contribution in [0, 0.1) is 20.8 Å². The molecule has 4 rings (SSSR count). The zero-order valence-corrected chi connectivity index (χ0v) is 18.3. The van der Waals surface area contributed by atoms with E-state index >= 15 is 0 Å². The van der Waals surface area contributed by atoms with Gasteiger partial charge in [0.05, 0.1) is 23.2 Å². The Kier molecular flexibility index (Phi) is 6.13. The largest absolute Gasteiger partial charge is 0.437 e. The predicted octanol–water partition coefficient (Wildman–Crippen LogP) is 4.30. The van der Waals surface area contributed by atoms with Gasteiger partial charge in [-0.1, -0.05) is 11.8 Å². The van der Waals surface area contributed by atoms with Crippen LogP contribution in [0.2, 0.25) is 0 Å². The first kappa shape index (κ1) is 20.5. The normalized spacial score (nSPS) is 16.6. The molecule has 30 heavy (non-hydrogen) atoms. The van der Waals surface area contributed by atoms with Crippen LogP contribution in [-0.2, 0) is 4.79 Å². The first-order valence-corrected chi connectivity index (χ1v) is 11.1. The summed E-state index contributed by atoms with van der Waals surface area (Å²) in [4.78, 5) is 32.8. The van der Waals surface area contributed by atoms with Gasteiger partial charge in [0, 0.05) is 30.7 Å². The fourth-order valence-corrected chi connectivity index (χ4v) is 4.52. The van der Waals surface area contributed by atoms with Gasteiger partial charge in [-0.2, -0.15) is 0 Å². The number of aryl methyl sites for hydroxylation is 3. The van der Waals surface area contributed by atoms with E-state index in [2.05, 4.69) is 15.0 Å². The Morgan fingerprint density at radius 3 is 2.73 bits per heavy atom. The Morgan fingerprint density at radius 2 is 2.00 bits per heavy atom. The average Bonchev–Trinajstić information content (AvgIpc) is 3.10. The summed E-state index contributed by atoms with van der Waals surface area (Å²) < 4.78 is 5.61. The second-order valence-electron chi connectivity index (χ2n) is 7.46. The van der Waals surface area contributed by atoms with E-state index in [0.29, 0.717) is 16.8 Å². The molecule has 3 aromatic heterocycles. The van der Waals surface area contributed by atoms with Crippen molar-refractivity contribution in [1.82, 2.24) is 24.8 Å².